The second kappa shape index (κ2) is 5.85. The van der Waals surface area contributed by atoms with Crippen LogP contribution in [-0.2, 0) is 0 Å². The molecule has 0 radical (unpaired) electrons. The summed E-state index contributed by atoms with van der Waals surface area (Å²) in [5, 5.41) is 0. The predicted octanol–water partition coefficient (Wildman–Crippen LogP) is 2.62. The van der Waals surface area contributed by atoms with Crippen LogP contribution in [0.5, 0.6) is 0 Å². The van der Waals surface area contributed by atoms with Crippen LogP contribution in [0.3, 0.4) is 0 Å². The van der Waals surface area contributed by atoms with Gasteiger partial charge in [-0.3, -0.25) is 4.79 Å². The summed E-state index contributed by atoms with van der Waals surface area (Å²) < 4.78 is 0.870. The molecule has 1 aromatic carbocycles. The van der Waals surface area contributed by atoms with Crippen LogP contribution in [0.15, 0.2) is 28.7 Å². The second-order valence-electron chi connectivity index (χ2n) is 4.93. The van der Waals surface area contributed by atoms with E-state index < -0.39 is 0 Å². The van der Waals surface area contributed by atoms with Crippen molar-refractivity contribution in [3.05, 3.63) is 34.3 Å². The largest absolute Gasteiger partial charge is 0.339 e. The van der Waals surface area contributed by atoms with Crippen LogP contribution >= 0.6 is 15.9 Å². The Morgan fingerprint density at radius 2 is 1.94 bits per heavy atom. The molecule has 0 N–H and O–H groups in total. The minimum Gasteiger partial charge on any atom is -0.339 e. The fourth-order valence-corrected chi connectivity index (χ4v) is 2.83. The number of carbonyl (C=O) groups excluding carboxylic acids is 1. The molecule has 1 aliphatic rings. The van der Waals surface area contributed by atoms with E-state index in [2.05, 4.69) is 27.9 Å². The zero-order valence-corrected chi connectivity index (χ0v) is 12.5. The van der Waals surface area contributed by atoms with Crippen molar-refractivity contribution in [2.24, 2.45) is 0 Å². The van der Waals surface area contributed by atoms with Crippen molar-refractivity contribution in [2.45, 2.75) is 18.9 Å². The summed E-state index contributed by atoms with van der Waals surface area (Å²) in [7, 11) is 4.05. The third-order valence-corrected chi connectivity index (χ3v) is 4.35. The third-order valence-electron chi connectivity index (χ3n) is 3.66. The van der Waals surface area contributed by atoms with Crippen molar-refractivity contribution in [2.75, 3.05) is 27.2 Å². The molecule has 4 heteroatoms. The van der Waals surface area contributed by atoms with Gasteiger partial charge in [0, 0.05) is 17.6 Å². The quantitative estimate of drug-likeness (QED) is 0.838. The van der Waals surface area contributed by atoms with E-state index in [-0.39, 0.29) is 5.91 Å². The molecule has 1 heterocycles. The molecule has 1 fully saturated rings. The van der Waals surface area contributed by atoms with Crippen LogP contribution in [0.2, 0.25) is 0 Å². The van der Waals surface area contributed by atoms with Gasteiger partial charge < -0.3 is 9.80 Å². The van der Waals surface area contributed by atoms with Gasteiger partial charge in [-0.05, 0) is 61.0 Å². The molecular formula is C14H19BrN2O. The maximum Gasteiger partial charge on any atom is 0.254 e. The summed E-state index contributed by atoms with van der Waals surface area (Å²) in [5.41, 5.74) is 0.749. The van der Waals surface area contributed by atoms with Crippen molar-refractivity contribution >= 4 is 21.8 Å². The number of carbonyl (C=O) groups is 1. The normalized spacial score (nSPS) is 17.7. The summed E-state index contributed by atoms with van der Waals surface area (Å²) in [6.45, 7) is 2.14. The first-order valence-corrected chi connectivity index (χ1v) is 7.09. The van der Waals surface area contributed by atoms with Crippen molar-refractivity contribution < 1.29 is 4.79 Å². The van der Waals surface area contributed by atoms with Gasteiger partial charge in [0.15, 0.2) is 0 Å². The molecule has 1 aromatic rings. The summed E-state index contributed by atoms with van der Waals surface area (Å²) in [6.07, 6.45) is 2.12. The lowest BCUT2D eigenvalue weighted by Gasteiger charge is -2.35. The van der Waals surface area contributed by atoms with Gasteiger partial charge in [-0.15, -0.1) is 0 Å². The molecule has 0 aliphatic carbocycles. The number of amides is 1. The minimum absolute atomic E-state index is 0.108. The van der Waals surface area contributed by atoms with Crippen molar-refractivity contribution in [3.63, 3.8) is 0 Å². The van der Waals surface area contributed by atoms with Crippen molar-refractivity contribution in [3.8, 4) is 0 Å². The molecule has 18 heavy (non-hydrogen) atoms. The molecule has 0 unspecified atom stereocenters. The number of hydrogen-bond acceptors (Lipinski definition) is 2. The number of rotatable bonds is 2. The molecule has 98 valence electrons. The van der Waals surface area contributed by atoms with Crippen molar-refractivity contribution in [1.82, 2.24) is 9.80 Å². The molecule has 1 aliphatic heterocycles. The number of halogens is 1. The monoisotopic (exact) mass is 310 g/mol. The standard InChI is InChI=1S/C14H19BrN2O/c1-16-9-7-11(8-10-16)17(2)14(18)12-5-3-4-6-13(12)15/h3-6,11H,7-10H2,1-2H3. The molecule has 0 aromatic heterocycles. The van der Waals surface area contributed by atoms with Crippen LogP contribution < -0.4 is 0 Å². The topological polar surface area (TPSA) is 23.6 Å². The third kappa shape index (κ3) is 2.93. The number of likely N-dealkylation sites (tertiary alicyclic amines) is 1. The van der Waals surface area contributed by atoms with Crippen LogP contribution in [0.1, 0.15) is 23.2 Å². The smallest absolute Gasteiger partial charge is 0.254 e. The van der Waals surface area contributed by atoms with Crippen LogP contribution in [0.25, 0.3) is 0 Å². The molecule has 0 bridgehead atoms. The number of piperidine rings is 1. The van der Waals surface area contributed by atoms with Gasteiger partial charge in [0.25, 0.3) is 5.91 Å². The lowest BCUT2D eigenvalue weighted by atomic mass is 10.0. The molecule has 1 saturated heterocycles. The molecule has 2 rings (SSSR count). The molecule has 3 nitrogen and oxygen atoms in total. The second-order valence-corrected chi connectivity index (χ2v) is 5.78. The Hall–Kier alpha value is -0.870. The molecular weight excluding hydrogens is 292 g/mol. The Kier molecular flexibility index (Phi) is 4.40. The fourth-order valence-electron chi connectivity index (χ4n) is 2.37. The predicted molar refractivity (Wildman–Crippen MR) is 76.8 cm³/mol. The average Bonchev–Trinajstić information content (AvgIpc) is 2.38. The molecule has 0 spiro atoms. The first-order valence-electron chi connectivity index (χ1n) is 6.30. The van der Waals surface area contributed by atoms with Crippen molar-refractivity contribution in [1.29, 1.82) is 0 Å². The van der Waals surface area contributed by atoms with Gasteiger partial charge in [-0.1, -0.05) is 12.1 Å². The Balaban J connectivity index is 2.07. The lowest BCUT2D eigenvalue weighted by molar-refractivity contribution is 0.0658. The molecule has 0 atom stereocenters. The summed E-state index contributed by atoms with van der Waals surface area (Å²) in [6, 6.07) is 7.98. The SMILES string of the molecule is CN1CCC(N(C)C(=O)c2ccccc2Br)CC1. The van der Waals surface area contributed by atoms with E-state index in [4.69, 9.17) is 0 Å². The van der Waals surface area contributed by atoms with Gasteiger partial charge >= 0.3 is 0 Å². The highest BCUT2D eigenvalue weighted by Crippen LogP contribution is 2.21. The fraction of sp³-hybridized carbons (Fsp3) is 0.500. The Morgan fingerprint density at radius 3 is 2.56 bits per heavy atom. The minimum atomic E-state index is 0.108. The lowest BCUT2D eigenvalue weighted by Crippen LogP contribution is -2.44. The molecule has 1 amide bonds. The maximum absolute atomic E-state index is 12.4. The summed E-state index contributed by atoms with van der Waals surface area (Å²) in [4.78, 5) is 16.6. The maximum atomic E-state index is 12.4. The van der Waals surface area contributed by atoms with Crippen LogP contribution in [-0.4, -0.2) is 48.9 Å². The van der Waals surface area contributed by atoms with Gasteiger partial charge in [0.2, 0.25) is 0 Å². The highest BCUT2D eigenvalue weighted by atomic mass is 79.9. The number of nitrogens with zero attached hydrogens (tertiary/aromatic N) is 2. The Labute approximate surface area is 117 Å². The summed E-state index contributed by atoms with van der Waals surface area (Å²) in [5.74, 6) is 0.108. The van der Waals surface area contributed by atoms with Gasteiger partial charge in [0.05, 0.1) is 5.56 Å². The van der Waals surface area contributed by atoms with Crippen LogP contribution in [0, 0.1) is 0 Å². The van der Waals surface area contributed by atoms with E-state index in [0.29, 0.717) is 6.04 Å². The van der Waals surface area contributed by atoms with E-state index in [1.54, 1.807) is 0 Å². The highest BCUT2D eigenvalue weighted by Gasteiger charge is 2.25. The number of benzene rings is 1. The molecule has 0 saturated carbocycles. The van der Waals surface area contributed by atoms with Gasteiger partial charge in [0.1, 0.15) is 0 Å². The van der Waals surface area contributed by atoms with Gasteiger partial charge in [-0.2, -0.15) is 0 Å². The van der Waals surface area contributed by atoms with Crippen LogP contribution in [0.4, 0.5) is 0 Å². The zero-order chi connectivity index (χ0) is 13.1. The van der Waals surface area contributed by atoms with E-state index >= 15 is 0 Å². The Morgan fingerprint density at radius 1 is 1.33 bits per heavy atom. The number of hydrogen-bond donors (Lipinski definition) is 0. The van der Waals surface area contributed by atoms with E-state index in [0.717, 1.165) is 36.0 Å². The summed E-state index contributed by atoms with van der Waals surface area (Å²) >= 11 is 3.44. The van der Waals surface area contributed by atoms with E-state index in [9.17, 15) is 4.79 Å². The zero-order valence-electron chi connectivity index (χ0n) is 10.9. The van der Waals surface area contributed by atoms with E-state index in [1.807, 2.05) is 36.2 Å². The first kappa shape index (κ1) is 13.6. The first-order chi connectivity index (χ1) is 8.59. The van der Waals surface area contributed by atoms with E-state index in [1.165, 1.54) is 0 Å². The highest BCUT2D eigenvalue weighted by molar-refractivity contribution is 9.10. The average molecular weight is 311 g/mol. The van der Waals surface area contributed by atoms with Gasteiger partial charge in [-0.25, -0.2) is 0 Å². The Bertz CT molecular complexity index is 428.